The van der Waals surface area contributed by atoms with Crippen molar-refractivity contribution in [2.24, 2.45) is 0 Å². The van der Waals surface area contributed by atoms with Crippen molar-refractivity contribution in [1.29, 1.82) is 0 Å². The lowest BCUT2D eigenvalue weighted by atomic mass is 10.0. The number of benzene rings is 2. The number of amides is 1. The number of esters is 1. The molecule has 6 nitrogen and oxygen atoms in total. The summed E-state index contributed by atoms with van der Waals surface area (Å²) in [4.78, 5) is 26.9. The third kappa shape index (κ3) is 5.39. The van der Waals surface area contributed by atoms with Crippen molar-refractivity contribution in [3.05, 3.63) is 59.2 Å². The van der Waals surface area contributed by atoms with Crippen LogP contribution in [0.3, 0.4) is 0 Å². The van der Waals surface area contributed by atoms with Crippen molar-refractivity contribution in [2.75, 3.05) is 32.6 Å². The molecule has 1 saturated heterocycles. The number of ether oxygens (including phenoxy) is 2. The highest BCUT2D eigenvalue weighted by atomic mass is 16.5. The van der Waals surface area contributed by atoms with Gasteiger partial charge in [0, 0.05) is 11.7 Å². The number of nitrogens with zero attached hydrogens (tertiary/aromatic N) is 1. The molecule has 1 fully saturated rings. The van der Waals surface area contributed by atoms with E-state index in [0.29, 0.717) is 17.8 Å². The molecule has 160 valence electrons. The van der Waals surface area contributed by atoms with Crippen LogP contribution in [0.4, 0.5) is 5.69 Å². The number of hydrogen-bond acceptors (Lipinski definition) is 5. The topological polar surface area (TPSA) is 67.9 Å². The Kier molecular flexibility index (Phi) is 7.46. The van der Waals surface area contributed by atoms with Gasteiger partial charge in [-0.1, -0.05) is 31.0 Å². The first kappa shape index (κ1) is 21.8. The maximum atomic E-state index is 12.9. The van der Waals surface area contributed by atoms with Crippen molar-refractivity contribution in [1.82, 2.24) is 4.90 Å². The average Bonchev–Trinajstić information content (AvgIpc) is 3.00. The number of carbonyl (C=O) groups is 2. The number of aryl methyl sites for hydroxylation is 1. The monoisotopic (exact) mass is 410 g/mol. The second kappa shape index (κ2) is 10.3. The molecule has 0 aromatic heterocycles. The van der Waals surface area contributed by atoms with Crippen molar-refractivity contribution in [2.45, 2.75) is 38.6 Å². The Bertz CT molecular complexity index is 879. The van der Waals surface area contributed by atoms with Gasteiger partial charge in [0.2, 0.25) is 5.91 Å². The molecule has 2 aromatic rings. The Hall–Kier alpha value is -2.86. The van der Waals surface area contributed by atoms with E-state index in [1.807, 2.05) is 25.1 Å². The van der Waals surface area contributed by atoms with E-state index in [4.69, 9.17) is 9.47 Å². The molecule has 0 saturated carbocycles. The largest absolute Gasteiger partial charge is 0.497 e. The first-order valence-corrected chi connectivity index (χ1v) is 10.4. The van der Waals surface area contributed by atoms with Crippen LogP contribution >= 0.6 is 0 Å². The van der Waals surface area contributed by atoms with Crippen LogP contribution in [0.2, 0.25) is 0 Å². The van der Waals surface area contributed by atoms with Crippen LogP contribution in [0.25, 0.3) is 0 Å². The zero-order valence-electron chi connectivity index (χ0n) is 17.9. The molecule has 0 aliphatic carbocycles. The van der Waals surface area contributed by atoms with Crippen LogP contribution in [-0.4, -0.2) is 44.1 Å². The highest BCUT2D eigenvalue weighted by Gasteiger charge is 2.25. The summed E-state index contributed by atoms with van der Waals surface area (Å²) >= 11 is 0. The van der Waals surface area contributed by atoms with Gasteiger partial charge in [0.25, 0.3) is 0 Å². The summed E-state index contributed by atoms with van der Waals surface area (Å²) in [6.45, 7) is 3.09. The number of carbonyl (C=O) groups excluding carboxylic acids is 2. The summed E-state index contributed by atoms with van der Waals surface area (Å²) in [6, 6.07) is 13.5. The van der Waals surface area contributed by atoms with E-state index in [9.17, 15) is 9.59 Å². The van der Waals surface area contributed by atoms with Crippen molar-refractivity contribution < 1.29 is 19.1 Å². The Morgan fingerprint density at radius 3 is 2.53 bits per heavy atom. The van der Waals surface area contributed by atoms with Crippen molar-refractivity contribution in [3.8, 4) is 5.75 Å². The van der Waals surface area contributed by atoms with Crippen LogP contribution < -0.4 is 10.1 Å². The van der Waals surface area contributed by atoms with Gasteiger partial charge in [-0.25, -0.2) is 4.79 Å². The molecule has 3 rings (SSSR count). The number of rotatable bonds is 6. The van der Waals surface area contributed by atoms with E-state index in [0.717, 1.165) is 37.1 Å². The number of anilines is 1. The van der Waals surface area contributed by atoms with Crippen molar-refractivity contribution >= 4 is 17.6 Å². The minimum absolute atomic E-state index is 0.0828. The fourth-order valence-corrected chi connectivity index (χ4v) is 3.94. The first-order chi connectivity index (χ1) is 14.5. The zero-order chi connectivity index (χ0) is 21.5. The summed E-state index contributed by atoms with van der Waals surface area (Å²) in [5.41, 5.74) is 3.16. The predicted molar refractivity (Wildman–Crippen MR) is 117 cm³/mol. The smallest absolute Gasteiger partial charge is 0.337 e. The first-order valence-electron chi connectivity index (χ1n) is 10.4. The Morgan fingerprint density at radius 1 is 1.07 bits per heavy atom. The standard InChI is InChI=1S/C24H30N2O4/c1-17-8-9-19(24(28)30-3)15-21(17)25-23(27)16-26-14-6-4-5-7-22(26)18-10-12-20(29-2)13-11-18/h8-13,15,22H,4-7,14,16H2,1-3H3,(H,25,27). The molecular weight excluding hydrogens is 380 g/mol. The lowest BCUT2D eigenvalue weighted by Gasteiger charge is -2.30. The highest BCUT2D eigenvalue weighted by molar-refractivity contribution is 5.96. The minimum atomic E-state index is -0.419. The van der Waals surface area contributed by atoms with Crippen LogP contribution in [0.1, 0.15) is 53.2 Å². The molecule has 0 spiro atoms. The van der Waals surface area contributed by atoms with Gasteiger partial charge in [0.05, 0.1) is 26.3 Å². The van der Waals surface area contributed by atoms with E-state index in [-0.39, 0.29) is 11.9 Å². The SMILES string of the molecule is COC(=O)c1ccc(C)c(NC(=O)CN2CCCCCC2c2ccc(OC)cc2)c1. The van der Waals surface area contributed by atoms with Gasteiger partial charge >= 0.3 is 5.97 Å². The average molecular weight is 411 g/mol. The van der Waals surface area contributed by atoms with Crippen molar-refractivity contribution in [3.63, 3.8) is 0 Å². The molecule has 1 aliphatic heterocycles. The molecule has 2 aromatic carbocycles. The molecule has 6 heteroatoms. The maximum absolute atomic E-state index is 12.9. The maximum Gasteiger partial charge on any atom is 0.337 e. The fourth-order valence-electron chi connectivity index (χ4n) is 3.94. The van der Waals surface area contributed by atoms with Gasteiger partial charge in [-0.15, -0.1) is 0 Å². The van der Waals surface area contributed by atoms with Gasteiger partial charge in [-0.3, -0.25) is 9.69 Å². The van der Waals surface area contributed by atoms with Crippen LogP contribution in [0, 0.1) is 6.92 Å². The van der Waals surface area contributed by atoms with E-state index in [1.54, 1.807) is 19.2 Å². The number of hydrogen-bond donors (Lipinski definition) is 1. The Morgan fingerprint density at radius 2 is 1.83 bits per heavy atom. The second-order valence-electron chi connectivity index (χ2n) is 7.68. The van der Waals surface area contributed by atoms with E-state index < -0.39 is 5.97 Å². The predicted octanol–water partition coefficient (Wildman–Crippen LogP) is 4.35. The Balaban J connectivity index is 1.73. The number of methoxy groups -OCH3 is 2. The van der Waals surface area contributed by atoms with Gasteiger partial charge in [0.15, 0.2) is 0 Å². The lowest BCUT2D eigenvalue weighted by Crippen LogP contribution is -2.36. The molecule has 1 heterocycles. The molecule has 1 unspecified atom stereocenters. The normalized spacial score (nSPS) is 17.1. The molecule has 1 amide bonds. The molecule has 1 N–H and O–H groups in total. The van der Waals surface area contributed by atoms with E-state index >= 15 is 0 Å². The highest BCUT2D eigenvalue weighted by Crippen LogP contribution is 2.31. The molecule has 1 aliphatic rings. The molecule has 0 radical (unpaired) electrons. The fraction of sp³-hybridized carbons (Fsp3) is 0.417. The summed E-state index contributed by atoms with van der Waals surface area (Å²) in [7, 11) is 3.01. The number of likely N-dealkylation sites (tertiary alicyclic amines) is 1. The van der Waals surface area contributed by atoms with Crippen LogP contribution in [-0.2, 0) is 9.53 Å². The molecule has 0 bridgehead atoms. The van der Waals surface area contributed by atoms with Gasteiger partial charge in [-0.05, 0) is 61.7 Å². The Labute approximate surface area is 178 Å². The molecule has 30 heavy (non-hydrogen) atoms. The second-order valence-corrected chi connectivity index (χ2v) is 7.68. The van der Waals surface area contributed by atoms with E-state index in [1.165, 1.54) is 19.1 Å². The third-order valence-electron chi connectivity index (χ3n) is 5.64. The van der Waals surface area contributed by atoms with E-state index in [2.05, 4.69) is 22.3 Å². The zero-order valence-corrected chi connectivity index (χ0v) is 17.9. The lowest BCUT2D eigenvalue weighted by molar-refractivity contribution is -0.117. The van der Waals surface area contributed by atoms with Crippen LogP contribution in [0.5, 0.6) is 5.75 Å². The molecule has 1 atom stereocenters. The van der Waals surface area contributed by atoms with Gasteiger partial charge in [0.1, 0.15) is 5.75 Å². The third-order valence-corrected chi connectivity index (χ3v) is 5.64. The molecular formula is C24H30N2O4. The van der Waals surface area contributed by atoms with Gasteiger partial charge < -0.3 is 14.8 Å². The quantitative estimate of drug-likeness (QED) is 0.718. The summed E-state index contributed by atoms with van der Waals surface area (Å²) in [5.74, 6) is 0.329. The van der Waals surface area contributed by atoms with Gasteiger partial charge in [-0.2, -0.15) is 0 Å². The van der Waals surface area contributed by atoms with Crippen LogP contribution in [0.15, 0.2) is 42.5 Å². The number of nitrogens with one attached hydrogen (secondary N) is 1. The summed E-state index contributed by atoms with van der Waals surface area (Å²) in [5, 5.41) is 2.98. The summed E-state index contributed by atoms with van der Waals surface area (Å²) < 4.78 is 10.1. The minimum Gasteiger partial charge on any atom is -0.497 e. The summed E-state index contributed by atoms with van der Waals surface area (Å²) in [6.07, 6.45) is 4.42.